The van der Waals surface area contributed by atoms with Crippen LogP contribution in [0.25, 0.3) is 0 Å². The molecule has 2 aliphatic rings. The van der Waals surface area contributed by atoms with Gasteiger partial charge in [-0.05, 0) is 68.3 Å². The number of fused-ring (bicyclic) bond motifs is 1. The second-order valence-corrected chi connectivity index (χ2v) is 11.3. The Bertz CT molecular complexity index is 1590. The van der Waals surface area contributed by atoms with Crippen LogP contribution in [-0.4, -0.2) is 49.9 Å². The molecule has 0 saturated heterocycles. The topological polar surface area (TPSA) is 160 Å². The van der Waals surface area contributed by atoms with Gasteiger partial charge in [-0.2, -0.15) is 10.1 Å². The third-order valence-corrected chi connectivity index (χ3v) is 7.35. The van der Waals surface area contributed by atoms with Gasteiger partial charge in [0.1, 0.15) is 10.1 Å². The number of amides is 1. The molecule has 0 N–H and O–H groups in total. The molecule has 0 aromatic heterocycles. The van der Waals surface area contributed by atoms with E-state index in [1.807, 2.05) is 29.2 Å². The van der Waals surface area contributed by atoms with Crippen molar-refractivity contribution in [3.05, 3.63) is 84.3 Å². The first kappa shape index (κ1) is 34.4. The van der Waals surface area contributed by atoms with Gasteiger partial charge in [-0.15, -0.1) is 0 Å². The molecule has 40 heavy (non-hydrogen) atoms. The molecule has 2 aromatic rings. The summed E-state index contributed by atoms with van der Waals surface area (Å²) in [5, 5.41) is 5.34. The summed E-state index contributed by atoms with van der Waals surface area (Å²) in [6.45, 7) is 2.10. The Labute approximate surface area is 277 Å². The van der Waals surface area contributed by atoms with Crippen molar-refractivity contribution in [2.75, 3.05) is 22.2 Å². The third-order valence-electron chi connectivity index (χ3n) is 5.71. The first-order chi connectivity index (χ1) is 17.9. The van der Waals surface area contributed by atoms with Gasteiger partial charge < -0.3 is 18.7 Å². The number of hydrogen-bond acceptors (Lipinski definition) is 10. The van der Waals surface area contributed by atoms with E-state index in [0.717, 1.165) is 22.8 Å². The van der Waals surface area contributed by atoms with Crippen molar-refractivity contribution in [1.29, 1.82) is 0 Å². The second kappa shape index (κ2) is 14.4. The van der Waals surface area contributed by atoms with E-state index in [1.165, 1.54) is 12.1 Å². The van der Waals surface area contributed by atoms with Crippen LogP contribution in [0.1, 0.15) is 19.8 Å². The fraction of sp³-hybridized carbons (Fsp3) is 0.200. The van der Waals surface area contributed by atoms with Crippen LogP contribution in [0.4, 0.5) is 11.4 Å². The fourth-order valence-electron chi connectivity index (χ4n) is 3.88. The molecule has 0 aliphatic carbocycles. The van der Waals surface area contributed by atoms with Gasteiger partial charge in [0, 0.05) is 12.3 Å². The molecule has 1 amide bonds. The van der Waals surface area contributed by atoms with Crippen molar-refractivity contribution in [3.8, 4) is 5.75 Å². The van der Waals surface area contributed by atoms with Crippen LogP contribution >= 0.6 is 0 Å². The summed E-state index contributed by atoms with van der Waals surface area (Å²) in [5.41, 5.74) is 1.91. The van der Waals surface area contributed by atoms with Crippen LogP contribution < -0.4 is 73.8 Å². The van der Waals surface area contributed by atoms with Crippen molar-refractivity contribution in [2.45, 2.75) is 24.7 Å². The van der Waals surface area contributed by atoms with Crippen LogP contribution in [0.5, 0.6) is 5.75 Å². The average molecular weight is 604 g/mol. The average Bonchev–Trinajstić information content (AvgIpc) is 3.34. The number of carbonyl (C=O) groups excluding carboxylic acids is 1. The number of rotatable bonds is 9. The summed E-state index contributed by atoms with van der Waals surface area (Å²) >= 11 is 0. The number of hydrazone groups is 1. The first-order valence-corrected chi connectivity index (χ1v) is 14.5. The summed E-state index contributed by atoms with van der Waals surface area (Å²) in [5.74, 6) is 0.298. The van der Waals surface area contributed by atoms with Crippen molar-refractivity contribution < 1.29 is 94.6 Å². The zero-order valence-electron chi connectivity index (χ0n) is 22.2. The summed E-state index contributed by atoms with van der Waals surface area (Å²) in [6.07, 6.45) is 7.30. The molecule has 4 rings (SSSR count). The molecule has 0 radical (unpaired) electrons. The Morgan fingerprint density at radius 1 is 0.925 bits per heavy atom. The van der Waals surface area contributed by atoms with E-state index in [4.69, 9.17) is 4.74 Å². The van der Waals surface area contributed by atoms with Crippen LogP contribution in [-0.2, 0) is 25.0 Å². The van der Waals surface area contributed by atoms with E-state index in [-0.39, 0.29) is 65.5 Å². The summed E-state index contributed by atoms with van der Waals surface area (Å²) in [6, 6.07) is 12.3. The standard InChI is InChI=1S/C25H25N3O8S2.2Na/c1-18-21(25(29)28(26-18)19-12-14-20(15-13-19)38(33,34)35)8-2-5-11-24-27(16-6-7-17-37(30,31)32)22-9-3-4-10-23(22)36-24;;/h2-5,8-15H,6-7,16-17H2,1H3,(H,30,31,32)(H,33,34,35);;/q;2*+1/p-2/b5-2+,21-8-,24-11-;;. The first-order valence-electron chi connectivity index (χ1n) is 11.5. The van der Waals surface area contributed by atoms with Gasteiger partial charge in [0.2, 0.25) is 5.88 Å². The molecule has 0 saturated carbocycles. The molecule has 15 heteroatoms. The Hall–Kier alpha value is -1.78. The van der Waals surface area contributed by atoms with Crippen LogP contribution in [0.15, 0.2) is 94.3 Å². The molecule has 2 aliphatic heterocycles. The maximum Gasteiger partial charge on any atom is 1.00 e. The normalized spacial score (nSPS) is 17.1. The van der Waals surface area contributed by atoms with Gasteiger partial charge in [-0.1, -0.05) is 24.3 Å². The summed E-state index contributed by atoms with van der Waals surface area (Å²) in [4.78, 5) is 14.4. The fourth-order valence-corrected chi connectivity index (χ4v) is 4.91. The van der Waals surface area contributed by atoms with E-state index < -0.39 is 36.8 Å². The Morgan fingerprint density at radius 2 is 1.57 bits per heavy atom. The predicted octanol–water partition coefficient (Wildman–Crippen LogP) is -3.13. The number of nitrogens with zero attached hydrogens (tertiary/aromatic N) is 3. The molecule has 0 unspecified atom stereocenters. The summed E-state index contributed by atoms with van der Waals surface area (Å²) in [7, 11) is -8.87. The number of allylic oxidation sites excluding steroid dienone is 4. The van der Waals surface area contributed by atoms with E-state index in [0.29, 0.717) is 41.6 Å². The third kappa shape index (κ3) is 8.61. The number of anilines is 2. The molecule has 0 bridgehead atoms. The van der Waals surface area contributed by atoms with Crippen LogP contribution in [0, 0.1) is 0 Å². The monoisotopic (exact) mass is 603 g/mol. The molecular weight excluding hydrogens is 580 g/mol. The molecule has 0 spiro atoms. The van der Waals surface area contributed by atoms with Crippen molar-refractivity contribution in [2.24, 2.45) is 5.10 Å². The van der Waals surface area contributed by atoms with Crippen molar-refractivity contribution in [1.82, 2.24) is 0 Å². The maximum absolute atomic E-state index is 12.9. The summed E-state index contributed by atoms with van der Waals surface area (Å²) < 4.78 is 72.0. The Morgan fingerprint density at radius 3 is 2.23 bits per heavy atom. The number of ether oxygens (including phenoxy) is 1. The van der Waals surface area contributed by atoms with E-state index in [9.17, 15) is 30.7 Å². The van der Waals surface area contributed by atoms with Crippen LogP contribution in [0.3, 0.4) is 0 Å². The van der Waals surface area contributed by atoms with E-state index in [2.05, 4.69) is 5.10 Å². The van der Waals surface area contributed by atoms with Gasteiger partial charge in [0.15, 0.2) is 5.75 Å². The molecule has 0 fully saturated rings. The maximum atomic E-state index is 12.9. The van der Waals surface area contributed by atoms with Crippen LogP contribution in [0.2, 0.25) is 0 Å². The zero-order valence-corrected chi connectivity index (χ0v) is 27.8. The van der Waals surface area contributed by atoms with E-state index >= 15 is 0 Å². The number of para-hydroxylation sites is 2. The molecule has 200 valence electrons. The van der Waals surface area contributed by atoms with Gasteiger partial charge in [-0.25, -0.2) is 16.8 Å². The van der Waals surface area contributed by atoms with Gasteiger partial charge in [0.25, 0.3) is 5.91 Å². The molecule has 2 aromatic carbocycles. The smallest absolute Gasteiger partial charge is 0.748 e. The molecule has 0 atom stereocenters. The minimum Gasteiger partial charge on any atom is -0.748 e. The minimum absolute atomic E-state index is 0. The number of carbonyl (C=O) groups is 1. The molecule has 11 nitrogen and oxygen atoms in total. The SMILES string of the molecule is CC1=NN(c2ccc(S(=O)(=O)[O-])cc2)C(=O)\C1=C/C=C/C=C1\Oc2ccccc2N1CCCCS(=O)(=O)[O-].[Na+].[Na+]. The quantitative estimate of drug-likeness (QED) is 0.125. The van der Waals surface area contributed by atoms with Gasteiger partial charge in [0.05, 0.1) is 37.7 Å². The van der Waals surface area contributed by atoms with Crippen molar-refractivity contribution in [3.63, 3.8) is 0 Å². The molecule has 2 heterocycles. The van der Waals surface area contributed by atoms with Crippen molar-refractivity contribution >= 4 is 43.2 Å². The number of unbranched alkanes of at least 4 members (excludes halogenated alkanes) is 1. The largest absolute Gasteiger partial charge is 1.00 e. The molecular formula is C25H23N3Na2O8S2. The Kier molecular flexibility index (Phi) is 12.4. The zero-order chi connectivity index (χ0) is 27.5. The van der Waals surface area contributed by atoms with Gasteiger partial charge in [-0.3, -0.25) is 4.79 Å². The second-order valence-electron chi connectivity index (χ2n) is 8.41. The number of benzene rings is 2. The van der Waals surface area contributed by atoms with Gasteiger partial charge >= 0.3 is 59.1 Å². The van der Waals surface area contributed by atoms with E-state index in [1.54, 1.807) is 31.2 Å². The minimum atomic E-state index is -4.60. The predicted molar refractivity (Wildman–Crippen MR) is 139 cm³/mol. The number of hydrogen-bond donors (Lipinski definition) is 0. The Balaban J connectivity index is 0.00000280.